The zero-order chi connectivity index (χ0) is 20.0. The lowest BCUT2D eigenvalue weighted by Gasteiger charge is -2.14. The monoisotopic (exact) mass is 393 g/mol. The van der Waals surface area contributed by atoms with Crippen LogP contribution in [0.1, 0.15) is 41.6 Å². The Hall–Kier alpha value is -3.36. The number of fused-ring (bicyclic) bond motifs is 1. The molecule has 0 unspecified atom stereocenters. The summed E-state index contributed by atoms with van der Waals surface area (Å²) >= 11 is 0. The van der Waals surface area contributed by atoms with E-state index in [1.165, 1.54) is 0 Å². The Morgan fingerprint density at radius 3 is 2.76 bits per heavy atom. The van der Waals surface area contributed by atoms with Crippen molar-refractivity contribution in [2.75, 3.05) is 17.7 Å². The van der Waals surface area contributed by atoms with E-state index in [9.17, 15) is 4.79 Å². The van der Waals surface area contributed by atoms with Gasteiger partial charge in [-0.05, 0) is 44.2 Å². The molecule has 2 aliphatic carbocycles. The van der Waals surface area contributed by atoms with Gasteiger partial charge < -0.3 is 20.7 Å². The third-order valence-electron chi connectivity index (χ3n) is 4.94. The van der Waals surface area contributed by atoms with E-state index in [-0.39, 0.29) is 18.1 Å². The van der Waals surface area contributed by atoms with Gasteiger partial charge in [-0.2, -0.15) is 9.61 Å². The lowest BCUT2D eigenvalue weighted by molar-refractivity contribution is 0.0952. The standard InChI is InChI=1S/C20H23N7O2/c1-11-7-15(20(22-9-11)29-13-5-6-13)25-16-8-17(21-2)27-18(26-16)14(10-23-27)19(28)24-12-3-4-12/h7-10,12-13,21H,3-6H2,1-2H3,(H,24,28)(H,25,26). The van der Waals surface area contributed by atoms with E-state index < -0.39 is 0 Å². The first kappa shape index (κ1) is 17.7. The third kappa shape index (κ3) is 3.67. The van der Waals surface area contributed by atoms with Crippen molar-refractivity contribution in [2.24, 2.45) is 0 Å². The van der Waals surface area contributed by atoms with Gasteiger partial charge in [0.1, 0.15) is 29.0 Å². The van der Waals surface area contributed by atoms with Crippen molar-refractivity contribution in [2.45, 2.75) is 44.8 Å². The van der Waals surface area contributed by atoms with Gasteiger partial charge in [-0.15, -0.1) is 0 Å². The van der Waals surface area contributed by atoms with Gasteiger partial charge in [0.05, 0.1) is 6.20 Å². The molecule has 9 heteroatoms. The van der Waals surface area contributed by atoms with Crippen LogP contribution in [0.15, 0.2) is 24.5 Å². The average Bonchev–Trinajstić information content (AvgIpc) is 3.63. The van der Waals surface area contributed by atoms with E-state index in [1.807, 2.05) is 19.1 Å². The smallest absolute Gasteiger partial charge is 0.256 e. The molecule has 2 saturated carbocycles. The van der Waals surface area contributed by atoms with Crippen molar-refractivity contribution in [1.29, 1.82) is 0 Å². The molecule has 150 valence electrons. The number of pyridine rings is 1. The summed E-state index contributed by atoms with van der Waals surface area (Å²) in [6.07, 6.45) is 7.74. The molecule has 9 nitrogen and oxygen atoms in total. The zero-order valence-corrected chi connectivity index (χ0v) is 16.4. The molecule has 3 N–H and O–H groups in total. The Labute approximate surface area is 167 Å². The molecule has 0 spiro atoms. The number of hydrogen-bond acceptors (Lipinski definition) is 7. The highest BCUT2D eigenvalue weighted by atomic mass is 16.5. The topological polar surface area (TPSA) is 105 Å². The van der Waals surface area contributed by atoms with Gasteiger partial charge in [-0.3, -0.25) is 4.79 Å². The van der Waals surface area contributed by atoms with Crippen LogP contribution in [0.4, 0.5) is 17.3 Å². The number of carbonyl (C=O) groups is 1. The number of anilines is 3. The Bertz CT molecular complexity index is 1090. The molecular weight excluding hydrogens is 370 g/mol. The number of nitrogens with one attached hydrogen (secondary N) is 3. The van der Waals surface area contributed by atoms with Crippen LogP contribution in [-0.2, 0) is 0 Å². The van der Waals surface area contributed by atoms with Gasteiger partial charge in [-0.25, -0.2) is 9.97 Å². The first-order valence-corrected chi connectivity index (χ1v) is 9.88. The lowest BCUT2D eigenvalue weighted by atomic mass is 10.3. The molecule has 2 fully saturated rings. The molecule has 3 heterocycles. The van der Waals surface area contributed by atoms with Gasteiger partial charge >= 0.3 is 0 Å². The molecule has 0 bridgehead atoms. The summed E-state index contributed by atoms with van der Waals surface area (Å²) < 4.78 is 7.55. The summed E-state index contributed by atoms with van der Waals surface area (Å²) in [7, 11) is 1.81. The van der Waals surface area contributed by atoms with Crippen molar-refractivity contribution in [1.82, 2.24) is 24.9 Å². The molecule has 2 aliphatic rings. The average molecular weight is 393 g/mol. The minimum absolute atomic E-state index is 0.149. The molecule has 0 radical (unpaired) electrons. The molecule has 0 atom stereocenters. The summed E-state index contributed by atoms with van der Waals surface area (Å²) in [6, 6.07) is 4.08. The fourth-order valence-corrected chi connectivity index (χ4v) is 3.08. The summed E-state index contributed by atoms with van der Waals surface area (Å²) in [5.74, 6) is 1.71. The highest BCUT2D eigenvalue weighted by molar-refractivity contribution is 6.00. The van der Waals surface area contributed by atoms with Crippen LogP contribution in [0, 0.1) is 6.92 Å². The number of amides is 1. The second kappa shape index (κ2) is 6.91. The summed E-state index contributed by atoms with van der Waals surface area (Å²) in [5.41, 5.74) is 2.70. The van der Waals surface area contributed by atoms with Gasteiger partial charge in [0.15, 0.2) is 5.65 Å². The Kier molecular flexibility index (Phi) is 4.22. The second-order valence-electron chi connectivity index (χ2n) is 7.63. The zero-order valence-electron chi connectivity index (χ0n) is 16.4. The maximum atomic E-state index is 12.6. The number of hydrogen-bond donors (Lipinski definition) is 3. The maximum absolute atomic E-state index is 12.6. The lowest BCUT2D eigenvalue weighted by Crippen LogP contribution is -2.25. The minimum atomic E-state index is -0.149. The highest BCUT2D eigenvalue weighted by Gasteiger charge is 2.27. The van der Waals surface area contributed by atoms with Crippen molar-refractivity contribution >= 4 is 28.9 Å². The molecule has 0 aromatic carbocycles. The van der Waals surface area contributed by atoms with Crippen LogP contribution in [0.5, 0.6) is 5.88 Å². The van der Waals surface area contributed by atoms with Crippen molar-refractivity contribution < 1.29 is 9.53 Å². The van der Waals surface area contributed by atoms with Gasteiger partial charge in [0.2, 0.25) is 5.88 Å². The summed E-state index contributed by atoms with van der Waals surface area (Å²) in [5, 5.41) is 13.8. The van der Waals surface area contributed by atoms with Crippen LogP contribution in [0.2, 0.25) is 0 Å². The van der Waals surface area contributed by atoms with Crippen LogP contribution in [-0.4, -0.2) is 44.7 Å². The van der Waals surface area contributed by atoms with E-state index in [1.54, 1.807) is 24.0 Å². The molecule has 3 aromatic rings. The Balaban J connectivity index is 1.51. The second-order valence-corrected chi connectivity index (χ2v) is 7.63. The van der Waals surface area contributed by atoms with Crippen LogP contribution < -0.4 is 20.7 Å². The Morgan fingerprint density at radius 1 is 1.21 bits per heavy atom. The van der Waals surface area contributed by atoms with E-state index in [0.717, 1.165) is 36.9 Å². The number of rotatable bonds is 7. The number of nitrogens with zero attached hydrogens (tertiary/aromatic N) is 4. The number of aryl methyl sites for hydroxylation is 1. The van der Waals surface area contributed by atoms with Crippen LogP contribution >= 0.6 is 0 Å². The first-order valence-electron chi connectivity index (χ1n) is 9.88. The van der Waals surface area contributed by atoms with Crippen LogP contribution in [0.3, 0.4) is 0 Å². The van der Waals surface area contributed by atoms with Gasteiger partial charge in [0.25, 0.3) is 5.91 Å². The number of carbonyl (C=O) groups excluding carboxylic acids is 1. The summed E-state index contributed by atoms with van der Waals surface area (Å²) in [6.45, 7) is 1.98. The van der Waals surface area contributed by atoms with Crippen molar-refractivity contribution in [3.05, 3.63) is 35.7 Å². The molecule has 1 amide bonds. The fourth-order valence-electron chi connectivity index (χ4n) is 3.08. The predicted octanol–water partition coefficient (Wildman–Crippen LogP) is 2.65. The normalized spacial score (nSPS) is 15.9. The predicted molar refractivity (Wildman–Crippen MR) is 109 cm³/mol. The first-order chi connectivity index (χ1) is 14.1. The molecule has 5 rings (SSSR count). The van der Waals surface area contributed by atoms with Gasteiger partial charge in [-0.1, -0.05) is 0 Å². The van der Waals surface area contributed by atoms with Gasteiger partial charge in [0, 0.05) is 25.4 Å². The number of aromatic nitrogens is 4. The van der Waals surface area contributed by atoms with Crippen molar-refractivity contribution in [3.8, 4) is 5.88 Å². The number of ether oxygens (including phenoxy) is 1. The molecule has 3 aromatic heterocycles. The Morgan fingerprint density at radius 2 is 2.03 bits per heavy atom. The maximum Gasteiger partial charge on any atom is 0.256 e. The summed E-state index contributed by atoms with van der Waals surface area (Å²) in [4.78, 5) is 21.7. The minimum Gasteiger partial charge on any atom is -0.473 e. The van der Waals surface area contributed by atoms with Crippen molar-refractivity contribution in [3.63, 3.8) is 0 Å². The highest BCUT2D eigenvalue weighted by Crippen LogP contribution is 2.33. The quantitative estimate of drug-likeness (QED) is 0.567. The van der Waals surface area contributed by atoms with E-state index >= 15 is 0 Å². The molecule has 0 saturated heterocycles. The third-order valence-corrected chi connectivity index (χ3v) is 4.94. The SMILES string of the molecule is CNc1cc(Nc2cc(C)cnc2OC2CC2)nc2c(C(=O)NC3CC3)cnn12. The van der Waals surface area contributed by atoms with E-state index in [2.05, 4.69) is 31.0 Å². The fraction of sp³-hybridized carbons (Fsp3) is 0.400. The van der Waals surface area contributed by atoms with E-state index in [0.29, 0.717) is 28.7 Å². The largest absolute Gasteiger partial charge is 0.473 e. The van der Waals surface area contributed by atoms with E-state index in [4.69, 9.17) is 4.74 Å². The molecular formula is C20H23N7O2. The van der Waals surface area contributed by atoms with Crippen LogP contribution in [0.25, 0.3) is 5.65 Å². The molecule has 0 aliphatic heterocycles. The molecule has 29 heavy (non-hydrogen) atoms.